The van der Waals surface area contributed by atoms with Crippen molar-refractivity contribution in [1.29, 1.82) is 0 Å². The predicted molar refractivity (Wildman–Crippen MR) is 201 cm³/mol. The van der Waals surface area contributed by atoms with Crippen molar-refractivity contribution in [3.8, 4) is 0 Å². The highest BCUT2D eigenvalue weighted by Crippen LogP contribution is 2.26. The Morgan fingerprint density at radius 2 is 1.57 bits per heavy atom. The predicted octanol–water partition coefficient (Wildman–Crippen LogP) is 11.7. The lowest BCUT2D eigenvalue weighted by molar-refractivity contribution is 0.460. The second-order valence-electron chi connectivity index (χ2n) is 12.8. The first-order chi connectivity index (χ1) is 22.4. The van der Waals surface area contributed by atoms with Crippen molar-refractivity contribution in [3.63, 3.8) is 0 Å². The van der Waals surface area contributed by atoms with Gasteiger partial charge in [0.05, 0.1) is 0 Å². The molecule has 3 heteroatoms. The van der Waals surface area contributed by atoms with Gasteiger partial charge in [-0.2, -0.15) is 0 Å². The lowest BCUT2D eigenvalue weighted by Crippen LogP contribution is -2.26. The molecule has 0 aliphatic carbocycles. The number of hydrogen-bond acceptors (Lipinski definition) is 2. The van der Waals surface area contributed by atoms with Crippen LogP contribution in [0.1, 0.15) is 133 Å². The monoisotopic (exact) mass is 629 g/mol. The molecular formula is C43H65FN2. The van der Waals surface area contributed by atoms with Gasteiger partial charge in [-0.25, -0.2) is 4.39 Å². The smallest absolute Gasteiger partial charge is 0.123 e. The van der Waals surface area contributed by atoms with E-state index in [-0.39, 0.29) is 5.82 Å². The normalized spacial score (nSPS) is 13.2. The molecule has 1 aliphatic heterocycles. The molecule has 1 saturated heterocycles. The Kier molecular flexibility index (Phi) is 20.7. The summed E-state index contributed by atoms with van der Waals surface area (Å²) in [6, 6.07) is 14.7. The molecule has 1 fully saturated rings. The van der Waals surface area contributed by atoms with E-state index in [0.29, 0.717) is 0 Å². The van der Waals surface area contributed by atoms with E-state index < -0.39 is 0 Å². The Morgan fingerprint density at radius 1 is 0.848 bits per heavy atom. The maximum Gasteiger partial charge on any atom is 0.123 e. The maximum absolute atomic E-state index is 13.3. The van der Waals surface area contributed by atoms with Crippen molar-refractivity contribution in [1.82, 2.24) is 10.6 Å². The highest BCUT2D eigenvalue weighted by Gasteiger charge is 2.14. The van der Waals surface area contributed by atoms with E-state index >= 15 is 0 Å². The van der Waals surface area contributed by atoms with E-state index in [1.165, 1.54) is 94.8 Å². The Hall–Kier alpha value is -2.91. The number of piperidine rings is 1. The second kappa shape index (κ2) is 24.3. The first-order valence-corrected chi connectivity index (χ1v) is 18.4. The fourth-order valence-corrected chi connectivity index (χ4v) is 6.31. The second-order valence-corrected chi connectivity index (χ2v) is 12.8. The third-order valence-corrected chi connectivity index (χ3v) is 9.36. The fraction of sp³-hybridized carbons (Fsp3) is 0.535. The van der Waals surface area contributed by atoms with Crippen LogP contribution in [-0.2, 0) is 19.3 Å². The minimum absolute atomic E-state index is 0.139. The molecular weight excluding hydrogens is 563 g/mol. The van der Waals surface area contributed by atoms with Crippen molar-refractivity contribution in [3.05, 3.63) is 119 Å². The van der Waals surface area contributed by atoms with Crippen LogP contribution in [0.4, 0.5) is 4.39 Å². The van der Waals surface area contributed by atoms with Gasteiger partial charge in [0.2, 0.25) is 0 Å². The number of aryl methyl sites for hydroxylation is 2. The van der Waals surface area contributed by atoms with Gasteiger partial charge in [-0.05, 0) is 136 Å². The third kappa shape index (κ3) is 15.6. The molecule has 1 heterocycles. The van der Waals surface area contributed by atoms with Crippen molar-refractivity contribution in [2.75, 3.05) is 19.6 Å². The fourth-order valence-electron chi connectivity index (χ4n) is 6.31. The summed E-state index contributed by atoms with van der Waals surface area (Å²) in [5.74, 6) is 0.628. The average Bonchev–Trinajstić information content (AvgIpc) is 3.09. The zero-order chi connectivity index (χ0) is 33.4. The van der Waals surface area contributed by atoms with Gasteiger partial charge >= 0.3 is 0 Å². The van der Waals surface area contributed by atoms with Gasteiger partial charge in [-0.3, -0.25) is 0 Å². The zero-order valence-electron chi connectivity index (χ0n) is 29.9. The number of unbranched alkanes of at least 4 members (excludes halogenated alkanes) is 4. The molecule has 0 aromatic heterocycles. The molecule has 2 aromatic carbocycles. The van der Waals surface area contributed by atoms with Gasteiger partial charge in [-0.15, -0.1) is 0 Å². The highest BCUT2D eigenvalue weighted by molar-refractivity contribution is 5.29. The van der Waals surface area contributed by atoms with E-state index in [1.54, 1.807) is 28.8 Å². The number of rotatable bonds is 20. The molecule has 0 saturated carbocycles. The molecule has 46 heavy (non-hydrogen) atoms. The molecule has 2 aromatic rings. The maximum atomic E-state index is 13.3. The molecule has 2 nitrogen and oxygen atoms in total. The minimum Gasteiger partial charge on any atom is -0.388 e. The number of nitrogens with one attached hydrogen (secondary N) is 2. The Balaban J connectivity index is 0.000000353. The van der Waals surface area contributed by atoms with Crippen LogP contribution >= 0.6 is 0 Å². The molecule has 0 atom stereocenters. The zero-order valence-corrected chi connectivity index (χ0v) is 29.9. The third-order valence-electron chi connectivity index (χ3n) is 9.36. The summed E-state index contributed by atoms with van der Waals surface area (Å²) in [6.07, 6.45) is 24.0. The number of hydrogen-bond donors (Lipinski definition) is 2. The Bertz CT molecular complexity index is 1180. The molecule has 0 unspecified atom stereocenters. The molecule has 0 radical (unpaired) electrons. The van der Waals surface area contributed by atoms with Crippen LogP contribution in [0.15, 0.2) is 90.7 Å². The average molecular weight is 629 g/mol. The summed E-state index contributed by atoms with van der Waals surface area (Å²) >= 11 is 0. The summed E-state index contributed by atoms with van der Waals surface area (Å²) in [5.41, 5.74) is 9.64. The van der Waals surface area contributed by atoms with Gasteiger partial charge < -0.3 is 10.6 Å². The summed E-state index contributed by atoms with van der Waals surface area (Å²) in [7, 11) is 0. The number of benzene rings is 2. The summed E-state index contributed by atoms with van der Waals surface area (Å²) in [4.78, 5) is 0. The highest BCUT2D eigenvalue weighted by atomic mass is 19.1. The summed E-state index contributed by atoms with van der Waals surface area (Å²) in [5, 5.41) is 6.73. The van der Waals surface area contributed by atoms with Crippen molar-refractivity contribution in [2.24, 2.45) is 0 Å². The molecule has 0 bridgehead atoms. The molecule has 1 aliphatic rings. The van der Waals surface area contributed by atoms with Crippen molar-refractivity contribution >= 4 is 0 Å². The minimum atomic E-state index is -0.139. The van der Waals surface area contributed by atoms with E-state index in [0.717, 1.165) is 49.4 Å². The summed E-state index contributed by atoms with van der Waals surface area (Å²) < 4.78 is 13.3. The van der Waals surface area contributed by atoms with Gasteiger partial charge in [0.15, 0.2) is 0 Å². The van der Waals surface area contributed by atoms with Gasteiger partial charge in [0.1, 0.15) is 5.82 Å². The number of halogens is 1. The van der Waals surface area contributed by atoms with Gasteiger partial charge in [0.25, 0.3) is 0 Å². The van der Waals surface area contributed by atoms with Crippen LogP contribution in [0.2, 0.25) is 0 Å². The number of allylic oxidation sites excluding steroid dienone is 6. The van der Waals surface area contributed by atoms with Crippen LogP contribution in [0, 0.1) is 5.82 Å². The largest absolute Gasteiger partial charge is 0.388 e. The van der Waals surface area contributed by atoms with Crippen LogP contribution in [-0.4, -0.2) is 19.6 Å². The van der Waals surface area contributed by atoms with Crippen molar-refractivity contribution in [2.45, 2.75) is 130 Å². The van der Waals surface area contributed by atoms with E-state index in [2.05, 4.69) is 87.9 Å². The van der Waals surface area contributed by atoms with Crippen LogP contribution < -0.4 is 10.6 Å². The molecule has 3 rings (SSSR count). The van der Waals surface area contributed by atoms with E-state index in [9.17, 15) is 4.39 Å². The lowest BCUT2D eigenvalue weighted by Gasteiger charge is -2.23. The van der Waals surface area contributed by atoms with Crippen molar-refractivity contribution < 1.29 is 4.39 Å². The summed E-state index contributed by atoms with van der Waals surface area (Å²) in [6.45, 7) is 19.7. The van der Waals surface area contributed by atoms with E-state index in [1.807, 2.05) is 12.1 Å². The Morgan fingerprint density at radius 3 is 2.22 bits per heavy atom. The lowest BCUT2D eigenvalue weighted by atomic mass is 9.89. The van der Waals surface area contributed by atoms with Crippen LogP contribution in [0.3, 0.4) is 0 Å². The first-order valence-electron chi connectivity index (χ1n) is 18.4. The molecule has 0 amide bonds. The van der Waals surface area contributed by atoms with Crippen LogP contribution in [0.5, 0.6) is 0 Å². The Labute approximate surface area is 282 Å². The van der Waals surface area contributed by atoms with Gasteiger partial charge in [0, 0.05) is 12.2 Å². The van der Waals surface area contributed by atoms with E-state index in [4.69, 9.17) is 0 Å². The van der Waals surface area contributed by atoms with Gasteiger partial charge in [-0.1, -0.05) is 114 Å². The van der Waals surface area contributed by atoms with Crippen LogP contribution in [0.25, 0.3) is 0 Å². The standard InChI is InChI=1S/C27H41N.C16H24FN/c1-4-7-13-25(24(5-2)6-3)14-11-9-8-10-12-23-15-17-26(18-16-23)27-19-21-28-22-20-27;1-4-6-7-14-8-9-16(17)12-15(14)10-11-18-13(3)5-2/h4,7,13,15-18,27-28H,1,5-6,8-12,14,19-22H2,2-3H3;8-9,12,18H,3-7,10-11H2,1-2H3/b13-7-;. The molecule has 0 spiro atoms. The molecule has 254 valence electrons. The topological polar surface area (TPSA) is 24.1 Å². The molecule has 2 N–H and O–H groups in total. The quantitative estimate of drug-likeness (QED) is 0.113. The first kappa shape index (κ1) is 39.3. The SMILES string of the molecule is C=C(CC)NCCc1cc(F)ccc1CCCC.C=C/C=C\C(CCCCCCc1ccc(C2CCNCC2)cc1)=C(CC)CC.